The number of alkyl halides is 1. The molecule has 1 fully saturated rings. The predicted octanol–water partition coefficient (Wildman–Crippen LogP) is 1.42. The van der Waals surface area contributed by atoms with Crippen LogP contribution in [0.5, 0.6) is 0 Å². The average Bonchev–Trinajstić information content (AvgIpc) is 2.50. The summed E-state index contributed by atoms with van der Waals surface area (Å²) < 4.78 is 13.0. The average molecular weight is 188 g/mol. The Hall–Kier alpha value is -0.150. The van der Waals surface area contributed by atoms with Crippen LogP contribution >= 0.6 is 0 Å². The van der Waals surface area contributed by atoms with Crippen LogP contribution in [-0.4, -0.2) is 42.8 Å². The zero-order valence-electron chi connectivity index (χ0n) is 9.05. The summed E-state index contributed by atoms with van der Waals surface area (Å²) >= 11 is 0. The summed E-state index contributed by atoms with van der Waals surface area (Å²) in [6.07, 6.45) is 0.206. The molecule has 0 aromatic heterocycles. The van der Waals surface area contributed by atoms with Gasteiger partial charge in [-0.05, 0) is 34.2 Å². The molecule has 0 amide bonds. The summed E-state index contributed by atoms with van der Waals surface area (Å²) in [6.45, 7) is 6.90. The Labute approximate surface area is 80.5 Å². The molecule has 13 heavy (non-hydrogen) atoms. The van der Waals surface area contributed by atoms with E-state index in [-0.39, 0.29) is 6.04 Å². The topological polar surface area (TPSA) is 15.3 Å². The number of nitrogens with one attached hydrogen (secondary N) is 1. The van der Waals surface area contributed by atoms with Crippen molar-refractivity contribution in [3.05, 3.63) is 0 Å². The van der Waals surface area contributed by atoms with E-state index in [1.54, 1.807) is 6.92 Å². The molecule has 1 unspecified atom stereocenters. The molecule has 78 valence electrons. The zero-order valence-corrected chi connectivity index (χ0v) is 9.05. The Morgan fingerprint density at radius 1 is 1.38 bits per heavy atom. The molecule has 1 heterocycles. The normalized spacial score (nSPS) is 31.6. The van der Waals surface area contributed by atoms with Crippen molar-refractivity contribution < 1.29 is 4.39 Å². The molecule has 0 radical (unpaired) electrons. The highest BCUT2D eigenvalue weighted by molar-refractivity contribution is 4.90. The van der Waals surface area contributed by atoms with Gasteiger partial charge in [-0.3, -0.25) is 4.90 Å². The smallest absolute Gasteiger partial charge is 0.113 e. The fourth-order valence-electron chi connectivity index (χ4n) is 1.83. The minimum Gasteiger partial charge on any atom is -0.310 e. The summed E-state index contributed by atoms with van der Waals surface area (Å²) in [5.74, 6) is 0. The van der Waals surface area contributed by atoms with Gasteiger partial charge in [0.25, 0.3) is 0 Å². The van der Waals surface area contributed by atoms with E-state index in [4.69, 9.17) is 0 Å². The SMILES string of the molecule is CC(F)[C@@H]1C[C@@H](N(C)C(C)C)CN1. The molecule has 1 aliphatic rings. The Morgan fingerprint density at radius 3 is 2.38 bits per heavy atom. The standard InChI is InChI=1S/C10H21FN2/c1-7(2)13(4)9-5-10(8(3)11)12-6-9/h7-10,12H,5-6H2,1-4H3/t8?,9-,10+/m1/s1. The fourth-order valence-corrected chi connectivity index (χ4v) is 1.83. The van der Waals surface area contributed by atoms with Gasteiger partial charge in [0.1, 0.15) is 6.17 Å². The number of halogens is 1. The van der Waals surface area contributed by atoms with Gasteiger partial charge in [0, 0.05) is 24.7 Å². The number of hydrogen-bond acceptors (Lipinski definition) is 2. The molecule has 1 N–H and O–H groups in total. The lowest BCUT2D eigenvalue weighted by molar-refractivity contribution is 0.198. The Morgan fingerprint density at radius 2 is 2.00 bits per heavy atom. The maximum absolute atomic E-state index is 13.0. The maximum atomic E-state index is 13.0. The van der Waals surface area contributed by atoms with Crippen molar-refractivity contribution in [1.29, 1.82) is 0 Å². The quantitative estimate of drug-likeness (QED) is 0.720. The second kappa shape index (κ2) is 4.38. The number of likely N-dealkylation sites (N-methyl/N-ethyl adjacent to an activating group) is 1. The summed E-state index contributed by atoms with van der Waals surface area (Å²) in [6, 6.07) is 1.11. The van der Waals surface area contributed by atoms with Crippen LogP contribution in [0.2, 0.25) is 0 Å². The second-order valence-electron chi connectivity index (χ2n) is 4.34. The van der Waals surface area contributed by atoms with Gasteiger partial charge in [-0.15, -0.1) is 0 Å². The van der Waals surface area contributed by atoms with Gasteiger partial charge in [0.2, 0.25) is 0 Å². The van der Waals surface area contributed by atoms with Gasteiger partial charge in [-0.25, -0.2) is 4.39 Å². The number of hydrogen-bond donors (Lipinski definition) is 1. The van der Waals surface area contributed by atoms with Crippen LogP contribution in [0.25, 0.3) is 0 Å². The molecule has 1 aliphatic heterocycles. The second-order valence-corrected chi connectivity index (χ2v) is 4.34. The lowest BCUT2D eigenvalue weighted by atomic mass is 10.1. The molecular weight excluding hydrogens is 167 g/mol. The van der Waals surface area contributed by atoms with Crippen LogP contribution in [0.1, 0.15) is 27.2 Å². The molecule has 0 aromatic carbocycles. The Kier molecular flexibility index (Phi) is 3.68. The summed E-state index contributed by atoms with van der Waals surface area (Å²) in [4.78, 5) is 2.31. The van der Waals surface area contributed by atoms with Gasteiger partial charge >= 0.3 is 0 Å². The molecule has 0 saturated carbocycles. The third kappa shape index (κ3) is 2.64. The molecule has 3 atom stereocenters. The lowest BCUT2D eigenvalue weighted by Crippen LogP contribution is -2.38. The van der Waals surface area contributed by atoms with E-state index in [2.05, 4.69) is 31.1 Å². The van der Waals surface area contributed by atoms with Crippen LogP contribution in [0.15, 0.2) is 0 Å². The minimum absolute atomic E-state index is 0.0613. The van der Waals surface area contributed by atoms with Crippen LogP contribution in [-0.2, 0) is 0 Å². The van der Waals surface area contributed by atoms with Gasteiger partial charge in [-0.1, -0.05) is 0 Å². The van der Waals surface area contributed by atoms with Gasteiger partial charge in [-0.2, -0.15) is 0 Å². The molecule has 1 saturated heterocycles. The van der Waals surface area contributed by atoms with Crippen LogP contribution in [0.3, 0.4) is 0 Å². The monoisotopic (exact) mass is 188 g/mol. The highest BCUT2D eigenvalue weighted by atomic mass is 19.1. The van der Waals surface area contributed by atoms with Crippen molar-refractivity contribution in [3.8, 4) is 0 Å². The largest absolute Gasteiger partial charge is 0.310 e. The molecule has 0 bridgehead atoms. The third-order valence-electron chi connectivity index (χ3n) is 3.09. The summed E-state index contributed by atoms with van der Waals surface area (Å²) in [5.41, 5.74) is 0. The van der Waals surface area contributed by atoms with Crippen LogP contribution in [0.4, 0.5) is 4.39 Å². The Balaban J connectivity index is 2.40. The molecule has 1 rings (SSSR count). The van der Waals surface area contributed by atoms with Crippen molar-refractivity contribution in [2.45, 2.75) is 51.5 Å². The molecule has 3 heteroatoms. The molecule has 2 nitrogen and oxygen atoms in total. The van der Waals surface area contributed by atoms with E-state index in [1.165, 1.54) is 0 Å². The molecule has 0 spiro atoms. The predicted molar refractivity (Wildman–Crippen MR) is 53.7 cm³/mol. The van der Waals surface area contributed by atoms with E-state index in [1.807, 2.05) is 0 Å². The summed E-state index contributed by atoms with van der Waals surface area (Å²) in [7, 11) is 2.11. The number of nitrogens with zero attached hydrogens (tertiary/aromatic N) is 1. The lowest BCUT2D eigenvalue weighted by Gasteiger charge is -2.27. The van der Waals surface area contributed by atoms with Gasteiger partial charge in [0.15, 0.2) is 0 Å². The third-order valence-corrected chi connectivity index (χ3v) is 3.09. The highest BCUT2D eigenvalue weighted by Crippen LogP contribution is 2.17. The fraction of sp³-hybridized carbons (Fsp3) is 1.00. The summed E-state index contributed by atoms with van der Waals surface area (Å²) in [5, 5.41) is 3.23. The minimum atomic E-state index is -0.731. The van der Waals surface area contributed by atoms with Gasteiger partial charge < -0.3 is 5.32 Å². The van der Waals surface area contributed by atoms with Crippen molar-refractivity contribution in [2.75, 3.05) is 13.6 Å². The molecule has 0 aliphatic carbocycles. The van der Waals surface area contributed by atoms with Crippen LogP contribution in [0, 0.1) is 0 Å². The Bertz CT molecular complexity index is 159. The van der Waals surface area contributed by atoms with Crippen molar-refractivity contribution in [1.82, 2.24) is 10.2 Å². The van der Waals surface area contributed by atoms with E-state index >= 15 is 0 Å². The van der Waals surface area contributed by atoms with E-state index in [0.717, 1.165) is 13.0 Å². The zero-order chi connectivity index (χ0) is 10.0. The van der Waals surface area contributed by atoms with E-state index in [9.17, 15) is 4.39 Å². The maximum Gasteiger partial charge on any atom is 0.113 e. The van der Waals surface area contributed by atoms with E-state index in [0.29, 0.717) is 12.1 Å². The first-order valence-electron chi connectivity index (χ1n) is 5.11. The highest BCUT2D eigenvalue weighted by Gasteiger charge is 2.30. The van der Waals surface area contributed by atoms with Crippen molar-refractivity contribution >= 4 is 0 Å². The first-order chi connectivity index (χ1) is 6.02. The number of rotatable bonds is 3. The first-order valence-corrected chi connectivity index (χ1v) is 5.11. The molecular formula is C10H21FN2. The first kappa shape index (κ1) is 10.9. The van der Waals surface area contributed by atoms with Crippen LogP contribution < -0.4 is 5.32 Å². The van der Waals surface area contributed by atoms with E-state index < -0.39 is 6.17 Å². The van der Waals surface area contributed by atoms with Crippen molar-refractivity contribution in [3.63, 3.8) is 0 Å². The molecule has 0 aromatic rings. The van der Waals surface area contributed by atoms with Gasteiger partial charge in [0.05, 0.1) is 0 Å². The van der Waals surface area contributed by atoms with Crippen molar-refractivity contribution in [2.24, 2.45) is 0 Å².